The van der Waals surface area contributed by atoms with Crippen LogP contribution in [0.4, 0.5) is 4.79 Å². The van der Waals surface area contributed by atoms with E-state index in [1.54, 1.807) is 4.90 Å². The summed E-state index contributed by atoms with van der Waals surface area (Å²) in [6, 6.07) is -0.901. The number of ether oxygens (including phenoxy) is 1. The summed E-state index contributed by atoms with van der Waals surface area (Å²) in [5.41, 5.74) is -0.383. The topological polar surface area (TPSA) is 70.1 Å². The first kappa shape index (κ1) is 13.5. The van der Waals surface area contributed by atoms with Crippen molar-refractivity contribution in [2.75, 3.05) is 31.4 Å². The van der Waals surface area contributed by atoms with Crippen LogP contribution in [0, 0.1) is 0 Å². The van der Waals surface area contributed by atoms with Gasteiger partial charge in [-0.3, -0.25) is 0 Å². The monoisotopic (exact) mass is 274 g/mol. The fourth-order valence-electron chi connectivity index (χ4n) is 2.20. The molecule has 7 heteroatoms. The summed E-state index contributed by atoms with van der Waals surface area (Å²) < 4.78 is 5.37. The number of aliphatic carboxylic acids is 1. The van der Waals surface area contributed by atoms with Gasteiger partial charge in [0.05, 0.1) is 24.6 Å². The molecular formula is C11H18N2O4S. The molecule has 1 atom stereocenters. The maximum atomic E-state index is 12.5. The van der Waals surface area contributed by atoms with Gasteiger partial charge in [0.1, 0.15) is 6.04 Å². The Balaban J connectivity index is 2.12. The molecule has 2 saturated heterocycles. The smallest absolute Gasteiger partial charge is 0.327 e. The average Bonchev–Trinajstić information content (AvgIpc) is 2.76. The summed E-state index contributed by atoms with van der Waals surface area (Å²) in [5, 5.41) is 9.11. The third-order valence-corrected chi connectivity index (χ3v) is 4.30. The Bertz CT molecular complexity index is 361. The predicted octanol–water partition coefficient (Wildman–Crippen LogP) is 0.677. The van der Waals surface area contributed by atoms with Crippen LogP contribution in [0.15, 0.2) is 0 Å². The second-order valence-corrected chi connectivity index (χ2v) is 6.12. The van der Waals surface area contributed by atoms with Gasteiger partial charge in [-0.05, 0) is 13.8 Å². The van der Waals surface area contributed by atoms with E-state index in [4.69, 9.17) is 9.84 Å². The number of carbonyl (C=O) groups excluding carboxylic acids is 1. The lowest BCUT2D eigenvalue weighted by Crippen LogP contribution is -2.60. The van der Waals surface area contributed by atoms with Crippen LogP contribution in [0.25, 0.3) is 0 Å². The quantitative estimate of drug-likeness (QED) is 0.761. The maximum absolute atomic E-state index is 12.5. The molecule has 1 N–H and O–H groups in total. The van der Waals surface area contributed by atoms with Crippen molar-refractivity contribution < 1.29 is 19.4 Å². The van der Waals surface area contributed by atoms with Crippen molar-refractivity contribution in [1.29, 1.82) is 0 Å². The molecule has 2 aliphatic rings. The normalized spacial score (nSPS) is 27.3. The summed E-state index contributed by atoms with van der Waals surface area (Å²) >= 11 is 1.48. The highest BCUT2D eigenvalue weighted by atomic mass is 32.2. The number of carboxylic acid groups (broad SMARTS) is 1. The molecule has 0 aromatic rings. The van der Waals surface area contributed by atoms with Crippen molar-refractivity contribution in [3.8, 4) is 0 Å². The van der Waals surface area contributed by atoms with E-state index >= 15 is 0 Å². The van der Waals surface area contributed by atoms with Crippen LogP contribution in [0.2, 0.25) is 0 Å². The Labute approximate surface area is 110 Å². The Morgan fingerprint density at radius 2 is 2.17 bits per heavy atom. The molecule has 0 aromatic heterocycles. The van der Waals surface area contributed by atoms with Gasteiger partial charge in [-0.25, -0.2) is 9.59 Å². The molecule has 6 nitrogen and oxygen atoms in total. The highest BCUT2D eigenvalue weighted by Gasteiger charge is 2.42. The van der Waals surface area contributed by atoms with Crippen LogP contribution in [0.1, 0.15) is 13.8 Å². The number of nitrogens with zero attached hydrogens (tertiary/aromatic N) is 2. The number of hydrogen-bond donors (Lipinski definition) is 1. The molecule has 2 aliphatic heterocycles. The van der Waals surface area contributed by atoms with Crippen LogP contribution < -0.4 is 0 Å². The van der Waals surface area contributed by atoms with E-state index in [-0.39, 0.29) is 11.6 Å². The molecular weight excluding hydrogens is 256 g/mol. The van der Waals surface area contributed by atoms with E-state index < -0.39 is 12.0 Å². The minimum Gasteiger partial charge on any atom is -0.480 e. The van der Waals surface area contributed by atoms with Gasteiger partial charge in [0.15, 0.2) is 0 Å². The molecule has 2 fully saturated rings. The van der Waals surface area contributed by atoms with E-state index in [2.05, 4.69) is 0 Å². The number of amides is 2. The van der Waals surface area contributed by atoms with Gasteiger partial charge >= 0.3 is 12.0 Å². The number of carbonyl (C=O) groups is 2. The molecule has 2 rings (SSSR count). The van der Waals surface area contributed by atoms with Crippen molar-refractivity contribution >= 4 is 23.8 Å². The van der Waals surface area contributed by atoms with Crippen LogP contribution in [-0.2, 0) is 9.53 Å². The van der Waals surface area contributed by atoms with Gasteiger partial charge in [-0.2, -0.15) is 0 Å². The number of urea groups is 1. The van der Waals surface area contributed by atoms with Crippen LogP contribution >= 0.6 is 11.8 Å². The highest BCUT2D eigenvalue weighted by Crippen LogP contribution is 2.27. The molecule has 0 spiro atoms. The molecule has 0 aliphatic carbocycles. The highest BCUT2D eigenvalue weighted by molar-refractivity contribution is 7.99. The molecule has 0 aromatic carbocycles. The van der Waals surface area contributed by atoms with Gasteiger partial charge in [0, 0.05) is 12.3 Å². The van der Waals surface area contributed by atoms with Gasteiger partial charge < -0.3 is 19.6 Å². The van der Waals surface area contributed by atoms with Gasteiger partial charge in [0.25, 0.3) is 0 Å². The van der Waals surface area contributed by atoms with Gasteiger partial charge in [-0.1, -0.05) is 0 Å². The first-order chi connectivity index (χ1) is 8.43. The largest absolute Gasteiger partial charge is 0.480 e. The number of morpholine rings is 1. The van der Waals surface area contributed by atoms with E-state index in [9.17, 15) is 9.59 Å². The Morgan fingerprint density at radius 3 is 2.78 bits per heavy atom. The lowest BCUT2D eigenvalue weighted by Gasteiger charge is -2.44. The van der Waals surface area contributed by atoms with E-state index in [1.807, 2.05) is 13.8 Å². The fraction of sp³-hybridized carbons (Fsp3) is 0.818. The zero-order valence-corrected chi connectivity index (χ0v) is 11.4. The van der Waals surface area contributed by atoms with Gasteiger partial charge in [0.2, 0.25) is 0 Å². The van der Waals surface area contributed by atoms with E-state index in [0.29, 0.717) is 31.4 Å². The third-order valence-electron chi connectivity index (χ3n) is 3.29. The average molecular weight is 274 g/mol. The van der Waals surface area contributed by atoms with Gasteiger partial charge in [-0.15, -0.1) is 11.8 Å². The lowest BCUT2D eigenvalue weighted by atomic mass is 10.0. The zero-order chi connectivity index (χ0) is 13.3. The molecule has 18 heavy (non-hydrogen) atoms. The molecule has 0 saturated carbocycles. The predicted molar refractivity (Wildman–Crippen MR) is 67.6 cm³/mol. The molecule has 102 valence electrons. The molecule has 1 unspecified atom stereocenters. The lowest BCUT2D eigenvalue weighted by molar-refractivity contribution is -0.141. The zero-order valence-electron chi connectivity index (χ0n) is 10.6. The van der Waals surface area contributed by atoms with Crippen molar-refractivity contribution in [2.45, 2.75) is 25.4 Å². The summed E-state index contributed by atoms with van der Waals surface area (Å²) in [7, 11) is 0. The minimum absolute atomic E-state index is 0.194. The SMILES string of the molecule is CC1(C)COCCN1C(=O)N1CSCC1C(=O)O. The first-order valence-corrected chi connectivity index (χ1v) is 7.05. The minimum atomic E-state index is -0.931. The van der Waals surface area contributed by atoms with Crippen molar-refractivity contribution in [3.63, 3.8) is 0 Å². The summed E-state index contributed by atoms with van der Waals surface area (Å²) in [6.07, 6.45) is 0. The summed E-state index contributed by atoms with van der Waals surface area (Å²) in [4.78, 5) is 26.7. The number of carboxylic acids is 1. The van der Waals surface area contributed by atoms with Crippen molar-refractivity contribution in [1.82, 2.24) is 9.80 Å². The second-order valence-electron chi connectivity index (χ2n) is 5.12. The standard InChI is InChI=1S/C11H18N2O4S/c1-11(2)6-17-4-3-13(11)10(16)12-7-18-5-8(12)9(14)15/h8H,3-7H2,1-2H3,(H,14,15). The van der Waals surface area contributed by atoms with E-state index in [1.165, 1.54) is 16.7 Å². The number of thioether (sulfide) groups is 1. The Morgan fingerprint density at radius 1 is 1.44 bits per heavy atom. The second kappa shape index (κ2) is 4.97. The first-order valence-electron chi connectivity index (χ1n) is 5.90. The number of hydrogen-bond acceptors (Lipinski definition) is 4. The van der Waals surface area contributed by atoms with Crippen molar-refractivity contribution in [3.05, 3.63) is 0 Å². The summed E-state index contributed by atoms with van der Waals surface area (Å²) in [6.45, 7) is 5.37. The Hall–Kier alpha value is -0.950. The fourth-order valence-corrected chi connectivity index (χ4v) is 3.34. The molecule has 2 amide bonds. The Kier molecular flexibility index (Phi) is 3.72. The molecule has 0 radical (unpaired) electrons. The van der Waals surface area contributed by atoms with Crippen LogP contribution in [0.3, 0.4) is 0 Å². The van der Waals surface area contributed by atoms with Crippen LogP contribution in [0.5, 0.6) is 0 Å². The summed E-state index contributed by atoms with van der Waals surface area (Å²) in [5.74, 6) is -0.0193. The van der Waals surface area contributed by atoms with E-state index in [0.717, 1.165) is 0 Å². The molecule has 0 bridgehead atoms. The van der Waals surface area contributed by atoms with Crippen LogP contribution in [-0.4, -0.2) is 69.9 Å². The maximum Gasteiger partial charge on any atom is 0.327 e. The molecule has 2 heterocycles. The van der Waals surface area contributed by atoms with Crippen molar-refractivity contribution in [2.24, 2.45) is 0 Å². The third kappa shape index (κ3) is 2.42. The number of rotatable bonds is 1.